The molecule has 21 nitrogen and oxygen atoms in total. The summed E-state index contributed by atoms with van der Waals surface area (Å²) in [5, 5.41) is 15.5. The Morgan fingerprint density at radius 1 is 0.427 bits per heavy atom. The molecule has 0 unspecified atom stereocenters. The van der Waals surface area contributed by atoms with E-state index in [0.29, 0.717) is 34.4 Å². The van der Waals surface area contributed by atoms with Crippen LogP contribution >= 0.6 is 40.5 Å². The van der Waals surface area contributed by atoms with Gasteiger partial charge in [0.05, 0.1) is 59.0 Å². The van der Waals surface area contributed by atoms with E-state index in [1.807, 2.05) is 161 Å². The van der Waals surface area contributed by atoms with Gasteiger partial charge in [-0.25, -0.2) is 44.9 Å². The summed E-state index contributed by atoms with van der Waals surface area (Å²) in [6.45, 7) is 16.1. The first kappa shape index (κ1) is 73.2. The zero-order chi connectivity index (χ0) is 62.3. The van der Waals surface area contributed by atoms with Gasteiger partial charge in [-0.3, -0.25) is 23.5 Å². The van der Waals surface area contributed by atoms with Gasteiger partial charge >= 0.3 is 0 Å². The lowest BCUT2D eigenvalue weighted by Gasteiger charge is -2.32. The molecule has 1 aliphatic rings. The summed E-state index contributed by atoms with van der Waals surface area (Å²) in [6.07, 6.45) is 12.5. The average Bonchev–Trinajstić information content (AvgIpc) is 0.985. The maximum atomic E-state index is 13.7. The molecule has 9 aromatic heterocycles. The number of aromatic amines is 3. The van der Waals surface area contributed by atoms with Crippen LogP contribution in [0.3, 0.4) is 0 Å². The molecule has 1 aliphatic carbocycles. The summed E-state index contributed by atoms with van der Waals surface area (Å²) in [5.41, 5.74) is 13.6. The topological polar surface area (TPSA) is 265 Å². The molecule has 1 fully saturated rings. The molecule has 9 heterocycles. The van der Waals surface area contributed by atoms with Gasteiger partial charge in [0.2, 0.25) is 0 Å². The van der Waals surface area contributed by atoms with Crippen LogP contribution in [-0.2, 0) is 0 Å². The number of imidazole rings is 3. The molecule has 15 rings (SSSR count). The predicted octanol–water partition coefficient (Wildman–Crippen LogP) is 15.0. The van der Waals surface area contributed by atoms with Crippen LogP contribution in [0.4, 0.5) is 17.5 Å². The number of H-pyrrole nitrogens is 3. The van der Waals surface area contributed by atoms with Gasteiger partial charge in [0.25, 0.3) is 16.7 Å². The third-order valence-electron chi connectivity index (χ3n) is 17.0. The minimum absolute atomic E-state index is 0. The molecule has 0 radical (unpaired) electrons. The molecule has 1 saturated carbocycles. The number of hydrogen-bond acceptors (Lipinski definition) is 15. The Labute approximate surface area is 577 Å². The molecule has 5 aromatic carbocycles. The van der Waals surface area contributed by atoms with E-state index in [0.717, 1.165) is 118 Å². The first-order valence-corrected chi connectivity index (χ1v) is 30.0. The fourth-order valence-electron chi connectivity index (χ4n) is 12.2. The van der Waals surface area contributed by atoms with E-state index in [-0.39, 0.29) is 104 Å². The van der Waals surface area contributed by atoms with E-state index < -0.39 is 0 Å². The van der Waals surface area contributed by atoms with Gasteiger partial charge in [-0.1, -0.05) is 107 Å². The van der Waals surface area contributed by atoms with Gasteiger partial charge in [-0.05, 0) is 155 Å². The number of para-hydroxylation sites is 1. The molecule has 96 heavy (non-hydrogen) atoms. The highest BCUT2D eigenvalue weighted by Gasteiger charge is 2.28. The van der Waals surface area contributed by atoms with Crippen LogP contribution in [0.2, 0.25) is 0 Å². The number of aryl methyl sites for hydroxylation is 5. The minimum Gasteiger partial charge on any atom is -0.360 e. The smallest absolute Gasteiger partial charge is 0.263 e. The van der Waals surface area contributed by atoms with Crippen molar-refractivity contribution in [2.45, 2.75) is 121 Å². The highest BCUT2D eigenvalue weighted by atomic mass is 32.1. The van der Waals surface area contributed by atoms with Crippen molar-refractivity contribution in [2.75, 3.05) is 16.0 Å². The van der Waals surface area contributed by atoms with Crippen LogP contribution in [0.1, 0.15) is 131 Å². The van der Waals surface area contributed by atoms with Gasteiger partial charge in [0.1, 0.15) is 35.5 Å². The number of nitrogens with one attached hydrogen (secondary N) is 6. The Morgan fingerprint density at radius 3 is 1.24 bits per heavy atom. The van der Waals surface area contributed by atoms with Crippen LogP contribution in [-0.4, -0.2) is 73.5 Å². The molecule has 0 saturated heterocycles. The summed E-state index contributed by atoms with van der Waals surface area (Å²) in [5.74, 6) is 1.97. The number of fused-ring (bicyclic) bond motifs is 6. The molecule has 6 N–H and O–H groups in total. The van der Waals surface area contributed by atoms with Crippen LogP contribution in [0, 0.1) is 34.6 Å². The highest BCUT2D eigenvalue weighted by Crippen LogP contribution is 2.36. The summed E-state index contributed by atoms with van der Waals surface area (Å²) < 4.78 is 5.61. The van der Waals surface area contributed by atoms with Crippen molar-refractivity contribution >= 4 is 124 Å². The molecule has 0 bridgehead atoms. The first-order chi connectivity index (χ1) is 43.7. The Kier molecular flexibility index (Phi) is 23.6. The Morgan fingerprint density at radius 2 is 0.812 bits per heavy atom. The second-order valence-electron chi connectivity index (χ2n) is 23.1. The van der Waals surface area contributed by atoms with E-state index in [9.17, 15) is 14.4 Å². The summed E-state index contributed by atoms with van der Waals surface area (Å²) in [6, 6.07) is 39.9. The second kappa shape index (κ2) is 30.9. The van der Waals surface area contributed by atoms with E-state index in [2.05, 4.69) is 101 Å². The number of anilines is 3. The van der Waals surface area contributed by atoms with Gasteiger partial charge in [-0.2, -0.15) is 40.5 Å². The molecular formula is C72H84N18O3S3. The first-order valence-electron chi connectivity index (χ1n) is 30.0. The lowest BCUT2D eigenvalue weighted by Crippen LogP contribution is -2.33. The van der Waals surface area contributed by atoms with Crippen LogP contribution in [0.25, 0.3) is 77.2 Å². The molecule has 0 spiro atoms. The minimum atomic E-state index is -0.210. The van der Waals surface area contributed by atoms with Crippen molar-refractivity contribution in [1.29, 1.82) is 0 Å². The zero-order valence-corrected chi connectivity index (χ0v) is 55.5. The Balaban J connectivity index is 0.000000197. The van der Waals surface area contributed by atoms with Crippen molar-refractivity contribution in [3.8, 4) is 11.4 Å². The van der Waals surface area contributed by atoms with Crippen molar-refractivity contribution in [1.82, 2.24) is 73.5 Å². The number of aromatic nitrogens is 15. The van der Waals surface area contributed by atoms with Crippen molar-refractivity contribution < 1.29 is 0 Å². The fourth-order valence-corrected chi connectivity index (χ4v) is 12.2. The molecule has 24 heteroatoms. The van der Waals surface area contributed by atoms with Crippen molar-refractivity contribution in [2.24, 2.45) is 0 Å². The normalized spacial score (nSPS) is 12.5. The van der Waals surface area contributed by atoms with Crippen molar-refractivity contribution in [3.63, 3.8) is 0 Å². The monoisotopic (exact) mass is 1340 g/mol. The van der Waals surface area contributed by atoms with E-state index >= 15 is 0 Å². The SMILES string of the molecule is C.C.C.Cc1cccc(-n2c([C@H](C)Nc3ncnc4nc[nH]c34)cc3cccc(C)c3c2=O)c1.Cc1cccc2cc([C@H](C)Nc3ncnc4nc[nH]c34)n(C3CCC3)c(=O)c12.Cc1ccccc1-n1c([C@H](C)Nc2ncnc3nc[nH]c23)cc2cccc(C)c2c1=O.S.S.S. The quantitative estimate of drug-likeness (QED) is 0.0664. The Hall–Kier alpha value is -10.2. The maximum Gasteiger partial charge on any atom is 0.263 e. The van der Waals surface area contributed by atoms with Gasteiger partial charge < -0.3 is 35.5 Å². The number of hydrogen-bond donors (Lipinski definition) is 6. The maximum absolute atomic E-state index is 13.7. The highest BCUT2D eigenvalue weighted by molar-refractivity contribution is 7.59. The molecule has 0 aliphatic heterocycles. The van der Waals surface area contributed by atoms with E-state index in [4.69, 9.17) is 0 Å². The van der Waals surface area contributed by atoms with Gasteiger partial charge in [0, 0.05) is 28.8 Å². The largest absolute Gasteiger partial charge is 0.360 e. The van der Waals surface area contributed by atoms with Crippen LogP contribution in [0.15, 0.2) is 174 Å². The number of rotatable bonds is 12. The third-order valence-corrected chi connectivity index (χ3v) is 17.0. The molecule has 14 aromatic rings. The fraction of sp³-hybridized carbons (Fsp3) is 0.250. The average molecular weight is 1350 g/mol. The molecular weight excluding hydrogens is 1260 g/mol. The Bertz CT molecular complexity index is 5250. The zero-order valence-electron chi connectivity index (χ0n) is 52.5. The lowest BCUT2D eigenvalue weighted by atomic mass is 9.91. The van der Waals surface area contributed by atoms with Gasteiger partial charge in [0.15, 0.2) is 34.4 Å². The molecule has 3 atom stereocenters. The number of nitrogens with zero attached hydrogens (tertiary/aromatic N) is 12. The predicted molar refractivity (Wildman–Crippen MR) is 406 cm³/mol. The summed E-state index contributed by atoms with van der Waals surface area (Å²) >= 11 is 0. The third kappa shape index (κ3) is 14.0. The van der Waals surface area contributed by atoms with E-state index in [1.54, 1.807) is 23.5 Å². The second-order valence-corrected chi connectivity index (χ2v) is 23.1. The van der Waals surface area contributed by atoms with Gasteiger partial charge in [-0.15, -0.1) is 0 Å². The lowest BCUT2D eigenvalue weighted by molar-refractivity contribution is 0.298. The summed E-state index contributed by atoms with van der Waals surface area (Å²) in [4.78, 5) is 88.4. The van der Waals surface area contributed by atoms with Crippen LogP contribution < -0.4 is 32.6 Å². The van der Waals surface area contributed by atoms with Crippen LogP contribution in [0.5, 0.6) is 0 Å². The number of pyridine rings is 3. The van der Waals surface area contributed by atoms with Crippen molar-refractivity contribution in [3.05, 3.63) is 235 Å². The number of benzene rings is 5. The van der Waals surface area contributed by atoms with E-state index in [1.165, 1.54) is 25.4 Å². The molecule has 0 amide bonds. The standard InChI is InChI=1S/2C24H22N6O.C21H22N6O.3CH4.3H2S/c1-14-6-4-9-18(10-14)30-19(11-17-8-5-7-15(2)20(17)24(30)31)16(3)29-23-21-22(26-12-25-21)27-13-28-23;1-14-7-4-5-10-18(14)30-19(11-17-9-6-8-15(2)20(17)24(30)31)16(3)29-23-21-22(26-12-25-21)27-13-28-23;1-12-5-3-6-14-9-16(27(15-7-4-8-15)21(28)17(12)14)13(2)26-20-18-19(23-10-22-18)24-11-25-20;;;;;;/h2*4-13,16H,1-3H3,(H2,25,26,27,28,29);3,5-6,9-11,13,15H,4,7-8H2,1-2H3,(H2,22,23,24,25,26);3*1H4;3*1H2/t2*16-;13-;;;;;;/m000....../s1. The molecule has 498 valence electrons. The summed E-state index contributed by atoms with van der Waals surface area (Å²) in [7, 11) is 0.